The van der Waals surface area contributed by atoms with Gasteiger partial charge in [0.1, 0.15) is 6.10 Å². The molecule has 1 atom stereocenters. The van der Waals surface area contributed by atoms with Gasteiger partial charge in [-0.1, -0.05) is 0 Å². The van der Waals surface area contributed by atoms with Crippen LogP contribution in [0.2, 0.25) is 0 Å². The zero-order chi connectivity index (χ0) is 20.2. The van der Waals surface area contributed by atoms with Crippen molar-refractivity contribution >= 4 is 16.8 Å². The standard InChI is InChI=1S/C22H28N4O3/c1-28-9-2-8-25-14-17(19-11-16(12-23)3-6-20(19)25)15-26(18-4-5-18)22(27)21-13-24-7-10-29-21/h3,6,11,14,18,21,24H,2,4-5,7-10,13,15H2,1H3/t21-/m1/s1. The fourth-order valence-corrected chi connectivity index (χ4v) is 4.00. The molecule has 7 heteroatoms. The van der Waals surface area contributed by atoms with Crippen LogP contribution in [0.4, 0.5) is 0 Å². The molecule has 29 heavy (non-hydrogen) atoms. The molecule has 7 nitrogen and oxygen atoms in total. The van der Waals surface area contributed by atoms with E-state index in [-0.39, 0.29) is 5.91 Å². The first-order chi connectivity index (χ1) is 14.2. The summed E-state index contributed by atoms with van der Waals surface area (Å²) in [6.45, 7) is 4.01. The molecule has 2 aromatic rings. The third kappa shape index (κ3) is 4.45. The molecule has 0 unspecified atom stereocenters. The third-order valence-corrected chi connectivity index (χ3v) is 5.65. The van der Waals surface area contributed by atoms with E-state index in [1.54, 1.807) is 7.11 Å². The number of hydrogen-bond donors (Lipinski definition) is 1. The molecule has 2 fully saturated rings. The average molecular weight is 396 g/mol. The van der Waals surface area contributed by atoms with Crippen molar-refractivity contribution in [1.29, 1.82) is 5.26 Å². The minimum absolute atomic E-state index is 0.0661. The first kappa shape index (κ1) is 19.9. The number of nitrogens with zero attached hydrogens (tertiary/aromatic N) is 3. The number of benzene rings is 1. The summed E-state index contributed by atoms with van der Waals surface area (Å²) in [6, 6.07) is 8.31. The van der Waals surface area contributed by atoms with E-state index in [0.717, 1.165) is 48.8 Å². The highest BCUT2D eigenvalue weighted by atomic mass is 16.5. The number of nitriles is 1. The van der Waals surface area contributed by atoms with E-state index in [2.05, 4.69) is 22.1 Å². The Morgan fingerprint density at radius 2 is 2.31 bits per heavy atom. The van der Waals surface area contributed by atoms with Gasteiger partial charge in [-0.3, -0.25) is 4.79 Å². The molecule has 1 aromatic heterocycles. The van der Waals surface area contributed by atoms with Crippen LogP contribution in [0, 0.1) is 11.3 Å². The summed E-state index contributed by atoms with van der Waals surface area (Å²) in [5.41, 5.74) is 2.81. The highest BCUT2D eigenvalue weighted by Gasteiger charge is 2.37. The average Bonchev–Trinajstić information content (AvgIpc) is 3.55. The number of morpholine rings is 1. The molecule has 2 aliphatic rings. The zero-order valence-corrected chi connectivity index (χ0v) is 16.9. The fourth-order valence-electron chi connectivity index (χ4n) is 4.00. The molecule has 1 saturated heterocycles. The second-order valence-corrected chi connectivity index (χ2v) is 7.80. The van der Waals surface area contributed by atoms with E-state index in [1.165, 1.54) is 0 Å². The minimum atomic E-state index is -0.408. The predicted octanol–water partition coefficient (Wildman–Crippen LogP) is 2.03. The molecule has 4 rings (SSSR count). The van der Waals surface area contributed by atoms with Crippen LogP contribution in [0.15, 0.2) is 24.4 Å². The van der Waals surface area contributed by atoms with Crippen molar-refractivity contribution in [3.63, 3.8) is 0 Å². The van der Waals surface area contributed by atoms with Gasteiger partial charge in [0.25, 0.3) is 5.91 Å². The fraction of sp³-hybridized carbons (Fsp3) is 0.545. The maximum Gasteiger partial charge on any atom is 0.253 e. The summed E-state index contributed by atoms with van der Waals surface area (Å²) in [6.07, 6.45) is 4.72. The van der Waals surface area contributed by atoms with Crippen molar-refractivity contribution in [2.75, 3.05) is 33.4 Å². The molecular weight excluding hydrogens is 368 g/mol. The third-order valence-electron chi connectivity index (χ3n) is 5.65. The van der Waals surface area contributed by atoms with Crippen molar-refractivity contribution in [3.8, 4) is 6.07 Å². The van der Waals surface area contributed by atoms with Crippen LogP contribution in [0.1, 0.15) is 30.4 Å². The van der Waals surface area contributed by atoms with E-state index in [9.17, 15) is 10.1 Å². The molecule has 1 aromatic carbocycles. The molecule has 1 saturated carbocycles. The minimum Gasteiger partial charge on any atom is -0.385 e. The molecule has 1 N–H and O–H groups in total. The maximum atomic E-state index is 13.1. The molecule has 1 amide bonds. The zero-order valence-electron chi connectivity index (χ0n) is 16.9. The second kappa shape index (κ2) is 8.95. The van der Waals surface area contributed by atoms with Gasteiger partial charge in [0, 0.05) is 63.0 Å². The number of ether oxygens (including phenoxy) is 2. The molecule has 154 valence electrons. The molecule has 1 aliphatic carbocycles. The largest absolute Gasteiger partial charge is 0.385 e. The van der Waals surface area contributed by atoms with Crippen molar-refractivity contribution in [3.05, 3.63) is 35.5 Å². The number of aromatic nitrogens is 1. The molecule has 0 spiro atoms. The molecule has 0 radical (unpaired) electrons. The summed E-state index contributed by atoms with van der Waals surface area (Å²) in [5, 5.41) is 13.6. The lowest BCUT2D eigenvalue weighted by atomic mass is 10.1. The number of nitrogens with one attached hydrogen (secondary N) is 1. The van der Waals surface area contributed by atoms with Crippen molar-refractivity contribution < 1.29 is 14.3 Å². The number of aryl methyl sites for hydroxylation is 1. The Bertz CT molecular complexity index is 907. The maximum absolute atomic E-state index is 13.1. The number of carbonyl (C=O) groups is 1. The summed E-state index contributed by atoms with van der Waals surface area (Å²) in [5.74, 6) is 0.0661. The highest BCUT2D eigenvalue weighted by molar-refractivity contribution is 5.87. The van der Waals surface area contributed by atoms with Gasteiger partial charge in [-0.15, -0.1) is 0 Å². The number of methoxy groups -OCH3 is 1. The highest BCUT2D eigenvalue weighted by Crippen LogP contribution is 2.32. The van der Waals surface area contributed by atoms with Gasteiger partial charge in [-0.2, -0.15) is 5.26 Å². The SMILES string of the molecule is COCCCn1cc(CN(C(=O)[C@H]2CNCCO2)C2CC2)c2cc(C#N)ccc21. The lowest BCUT2D eigenvalue weighted by Crippen LogP contribution is -2.49. The summed E-state index contributed by atoms with van der Waals surface area (Å²) >= 11 is 0. The Morgan fingerprint density at radius 1 is 1.45 bits per heavy atom. The summed E-state index contributed by atoms with van der Waals surface area (Å²) < 4.78 is 13.1. The normalized spacial score (nSPS) is 19.2. The van der Waals surface area contributed by atoms with Crippen LogP contribution < -0.4 is 5.32 Å². The Labute approximate surface area is 171 Å². The first-order valence-electron chi connectivity index (χ1n) is 10.3. The van der Waals surface area contributed by atoms with E-state index < -0.39 is 6.10 Å². The summed E-state index contributed by atoms with van der Waals surface area (Å²) in [7, 11) is 1.71. The van der Waals surface area contributed by atoms with Gasteiger partial charge < -0.3 is 24.3 Å². The number of fused-ring (bicyclic) bond motifs is 1. The van der Waals surface area contributed by atoms with E-state index in [4.69, 9.17) is 9.47 Å². The quantitative estimate of drug-likeness (QED) is 0.691. The van der Waals surface area contributed by atoms with Crippen molar-refractivity contribution in [2.45, 2.75) is 44.5 Å². The molecule has 2 heterocycles. The number of rotatable bonds is 8. The van der Waals surface area contributed by atoms with Crippen LogP contribution in [0.5, 0.6) is 0 Å². The molecule has 0 bridgehead atoms. The lowest BCUT2D eigenvalue weighted by Gasteiger charge is -2.30. The predicted molar refractivity (Wildman–Crippen MR) is 109 cm³/mol. The van der Waals surface area contributed by atoms with Gasteiger partial charge in [-0.05, 0) is 43.0 Å². The Kier molecular flexibility index (Phi) is 6.14. The van der Waals surface area contributed by atoms with Gasteiger partial charge in [0.15, 0.2) is 0 Å². The first-order valence-corrected chi connectivity index (χ1v) is 10.3. The topological polar surface area (TPSA) is 79.5 Å². The van der Waals surface area contributed by atoms with Crippen LogP contribution in [-0.2, 0) is 27.4 Å². The second-order valence-electron chi connectivity index (χ2n) is 7.80. The Morgan fingerprint density at radius 3 is 3.00 bits per heavy atom. The van der Waals surface area contributed by atoms with Gasteiger partial charge in [0.2, 0.25) is 0 Å². The molecular formula is C22H28N4O3. The lowest BCUT2D eigenvalue weighted by molar-refractivity contribution is -0.146. The van der Waals surface area contributed by atoms with Crippen LogP contribution in [0.3, 0.4) is 0 Å². The van der Waals surface area contributed by atoms with Crippen molar-refractivity contribution in [1.82, 2.24) is 14.8 Å². The number of carbonyl (C=O) groups excluding carboxylic acids is 1. The smallest absolute Gasteiger partial charge is 0.253 e. The summed E-state index contributed by atoms with van der Waals surface area (Å²) in [4.78, 5) is 15.1. The van der Waals surface area contributed by atoms with Crippen LogP contribution in [-0.4, -0.2) is 60.9 Å². The van der Waals surface area contributed by atoms with E-state index in [0.29, 0.717) is 37.9 Å². The monoisotopic (exact) mass is 396 g/mol. The van der Waals surface area contributed by atoms with Crippen LogP contribution in [0.25, 0.3) is 10.9 Å². The van der Waals surface area contributed by atoms with E-state index >= 15 is 0 Å². The van der Waals surface area contributed by atoms with Gasteiger partial charge in [-0.25, -0.2) is 0 Å². The number of amides is 1. The van der Waals surface area contributed by atoms with Crippen molar-refractivity contribution in [2.24, 2.45) is 0 Å². The van der Waals surface area contributed by atoms with Crippen LogP contribution >= 0.6 is 0 Å². The van der Waals surface area contributed by atoms with Gasteiger partial charge >= 0.3 is 0 Å². The Hall–Kier alpha value is -2.40. The van der Waals surface area contributed by atoms with E-state index in [1.807, 2.05) is 23.1 Å². The molecule has 1 aliphatic heterocycles. The Balaban J connectivity index is 1.62. The number of hydrogen-bond acceptors (Lipinski definition) is 5. The van der Waals surface area contributed by atoms with Gasteiger partial charge in [0.05, 0.1) is 18.2 Å².